The predicted molar refractivity (Wildman–Crippen MR) is 91.2 cm³/mol. The Balaban J connectivity index is 2.64. The lowest BCUT2D eigenvalue weighted by Crippen LogP contribution is -2.25. The molecule has 5 nitrogen and oxygen atoms in total. The summed E-state index contributed by atoms with van der Waals surface area (Å²) < 4.78 is 89.7. The summed E-state index contributed by atoms with van der Waals surface area (Å²) >= 11 is 0. The number of alkyl halides is 6. The van der Waals surface area contributed by atoms with Crippen LogP contribution in [0.1, 0.15) is 44.6 Å². The van der Waals surface area contributed by atoms with Gasteiger partial charge in [-0.2, -0.15) is 26.3 Å². The van der Waals surface area contributed by atoms with E-state index in [1.165, 1.54) is 31.2 Å². The SMILES string of the molecule is CCOC(=O)c1c(C(F)(F)F)nc(C(F)(F)F)c(C)c1OCC(=O)c1ccccc1. The summed E-state index contributed by atoms with van der Waals surface area (Å²) in [5, 5.41) is 0. The number of ketones is 1. The van der Waals surface area contributed by atoms with Crippen LogP contribution in [-0.2, 0) is 17.1 Å². The summed E-state index contributed by atoms with van der Waals surface area (Å²) in [4.78, 5) is 27.0. The van der Waals surface area contributed by atoms with Gasteiger partial charge in [-0.05, 0) is 13.8 Å². The molecule has 0 spiro atoms. The number of esters is 1. The monoisotopic (exact) mass is 435 g/mol. The van der Waals surface area contributed by atoms with Crippen molar-refractivity contribution in [3.63, 3.8) is 0 Å². The van der Waals surface area contributed by atoms with E-state index in [2.05, 4.69) is 9.72 Å². The third kappa shape index (κ3) is 5.08. The number of carbonyl (C=O) groups excluding carboxylic acids is 2. The lowest BCUT2D eigenvalue weighted by Gasteiger charge is -2.21. The molecule has 11 heteroatoms. The molecule has 0 saturated heterocycles. The Bertz CT molecular complexity index is 939. The van der Waals surface area contributed by atoms with Crippen LogP contribution in [0.5, 0.6) is 5.75 Å². The number of aromatic nitrogens is 1. The summed E-state index contributed by atoms with van der Waals surface area (Å²) in [5.74, 6) is -3.35. The van der Waals surface area contributed by atoms with Crippen molar-refractivity contribution in [1.29, 1.82) is 0 Å². The second-order valence-electron chi connectivity index (χ2n) is 5.93. The molecule has 0 N–H and O–H groups in total. The molecule has 0 aliphatic carbocycles. The molecule has 0 aliphatic rings. The number of hydrogen-bond donors (Lipinski definition) is 0. The maximum absolute atomic E-state index is 13.4. The first-order chi connectivity index (χ1) is 13.9. The number of nitrogens with zero attached hydrogens (tertiary/aromatic N) is 1. The van der Waals surface area contributed by atoms with Gasteiger partial charge in [0.2, 0.25) is 0 Å². The van der Waals surface area contributed by atoms with E-state index in [9.17, 15) is 35.9 Å². The smallest absolute Gasteiger partial charge is 0.434 e. The first-order valence-corrected chi connectivity index (χ1v) is 8.45. The number of benzene rings is 1. The van der Waals surface area contributed by atoms with Crippen molar-refractivity contribution in [3.8, 4) is 5.75 Å². The zero-order valence-corrected chi connectivity index (χ0v) is 15.6. The second kappa shape index (κ2) is 8.72. The molecule has 1 aromatic heterocycles. The fourth-order valence-electron chi connectivity index (χ4n) is 2.55. The first kappa shape index (κ1) is 23.2. The fraction of sp³-hybridized carbons (Fsp3) is 0.316. The van der Waals surface area contributed by atoms with Gasteiger partial charge < -0.3 is 9.47 Å². The topological polar surface area (TPSA) is 65.5 Å². The third-order valence-corrected chi connectivity index (χ3v) is 3.84. The van der Waals surface area contributed by atoms with E-state index >= 15 is 0 Å². The van der Waals surface area contributed by atoms with Crippen molar-refractivity contribution < 1.29 is 45.4 Å². The molecule has 0 saturated carbocycles. The average molecular weight is 435 g/mol. The van der Waals surface area contributed by atoms with Gasteiger partial charge in [-0.25, -0.2) is 9.78 Å². The van der Waals surface area contributed by atoms with Crippen LogP contribution >= 0.6 is 0 Å². The van der Waals surface area contributed by atoms with Crippen LogP contribution in [0.3, 0.4) is 0 Å². The Hall–Kier alpha value is -3.11. The molecule has 0 radical (unpaired) electrons. The Morgan fingerprint density at radius 1 is 0.967 bits per heavy atom. The summed E-state index contributed by atoms with van der Waals surface area (Å²) in [6, 6.07) is 7.41. The highest BCUT2D eigenvalue weighted by molar-refractivity contribution is 5.98. The van der Waals surface area contributed by atoms with E-state index < -0.39 is 59.0 Å². The zero-order chi connectivity index (χ0) is 22.7. The lowest BCUT2D eigenvalue weighted by atomic mass is 10.0. The third-order valence-electron chi connectivity index (χ3n) is 3.84. The maximum Gasteiger partial charge on any atom is 0.434 e. The van der Waals surface area contributed by atoms with E-state index in [1.54, 1.807) is 6.07 Å². The van der Waals surface area contributed by atoms with Gasteiger partial charge in [-0.1, -0.05) is 30.3 Å². The molecular weight excluding hydrogens is 420 g/mol. The molecule has 0 atom stereocenters. The van der Waals surface area contributed by atoms with Crippen LogP contribution in [0, 0.1) is 6.92 Å². The zero-order valence-electron chi connectivity index (χ0n) is 15.6. The molecular formula is C19H15F6NO4. The quantitative estimate of drug-likeness (QED) is 0.368. The minimum Gasteiger partial charge on any atom is -0.484 e. The molecule has 1 aromatic carbocycles. The van der Waals surface area contributed by atoms with E-state index in [0.29, 0.717) is 0 Å². The Morgan fingerprint density at radius 2 is 1.53 bits per heavy atom. The van der Waals surface area contributed by atoms with Gasteiger partial charge in [-0.3, -0.25) is 4.79 Å². The minimum atomic E-state index is -5.42. The van der Waals surface area contributed by atoms with Crippen molar-refractivity contribution in [2.45, 2.75) is 26.2 Å². The number of rotatable bonds is 6. The molecule has 0 aliphatic heterocycles. The highest BCUT2D eigenvalue weighted by Gasteiger charge is 2.45. The van der Waals surface area contributed by atoms with Crippen molar-refractivity contribution in [3.05, 3.63) is 58.4 Å². The van der Waals surface area contributed by atoms with E-state index in [4.69, 9.17) is 4.74 Å². The maximum atomic E-state index is 13.4. The first-order valence-electron chi connectivity index (χ1n) is 8.45. The molecule has 30 heavy (non-hydrogen) atoms. The van der Waals surface area contributed by atoms with Crippen LogP contribution in [0.2, 0.25) is 0 Å². The van der Waals surface area contributed by atoms with Gasteiger partial charge in [0.1, 0.15) is 11.3 Å². The van der Waals surface area contributed by atoms with E-state index in [1.807, 2.05) is 0 Å². The summed E-state index contributed by atoms with van der Waals surface area (Å²) in [7, 11) is 0. The van der Waals surface area contributed by atoms with Gasteiger partial charge in [-0.15, -0.1) is 0 Å². The number of hydrogen-bond acceptors (Lipinski definition) is 5. The minimum absolute atomic E-state index is 0.119. The van der Waals surface area contributed by atoms with Crippen molar-refractivity contribution in [2.24, 2.45) is 0 Å². The normalized spacial score (nSPS) is 11.9. The van der Waals surface area contributed by atoms with Crippen molar-refractivity contribution in [2.75, 3.05) is 13.2 Å². The predicted octanol–water partition coefficient (Wildman–Crippen LogP) is 4.87. The van der Waals surface area contributed by atoms with Gasteiger partial charge in [0.15, 0.2) is 23.8 Å². The number of carbonyl (C=O) groups is 2. The molecule has 0 fully saturated rings. The number of pyridine rings is 1. The van der Waals surface area contributed by atoms with Crippen molar-refractivity contribution >= 4 is 11.8 Å². The molecule has 0 unspecified atom stereocenters. The summed E-state index contributed by atoms with van der Waals surface area (Å²) in [6.45, 7) is 0.838. The summed E-state index contributed by atoms with van der Waals surface area (Å²) in [6.07, 6.45) is -10.7. The molecule has 2 aromatic rings. The van der Waals surface area contributed by atoms with Gasteiger partial charge in [0.05, 0.1) is 6.61 Å². The molecule has 0 amide bonds. The fourth-order valence-corrected chi connectivity index (χ4v) is 2.55. The molecule has 1 heterocycles. The number of halogens is 6. The second-order valence-corrected chi connectivity index (χ2v) is 5.93. The van der Waals surface area contributed by atoms with Crippen LogP contribution in [0.15, 0.2) is 30.3 Å². The average Bonchev–Trinajstić information content (AvgIpc) is 2.65. The Morgan fingerprint density at radius 3 is 2.03 bits per heavy atom. The molecule has 2 rings (SSSR count). The largest absolute Gasteiger partial charge is 0.484 e. The van der Waals surface area contributed by atoms with Crippen LogP contribution in [-0.4, -0.2) is 30.0 Å². The molecule has 162 valence electrons. The summed E-state index contributed by atoms with van der Waals surface area (Å²) in [5.41, 5.74) is -6.07. The van der Waals surface area contributed by atoms with E-state index in [0.717, 1.165) is 6.92 Å². The number of ether oxygens (including phenoxy) is 2. The molecule has 0 bridgehead atoms. The highest BCUT2D eigenvalue weighted by Crippen LogP contribution is 2.42. The van der Waals surface area contributed by atoms with Crippen LogP contribution in [0.4, 0.5) is 26.3 Å². The van der Waals surface area contributed by atoms with Crippen LogP contribution < -0.4 is 4.74 Å². The lowest BCUT2D eigenvalue weighted by molar-refractivity contribution is -0.151. The van der Waals surface area contributed by atoms with E-state index in [-0.39, 0.29) is 12.2 Å². The highest BCUT2D eigenvalue weighted by atomic mass is 19.4. The van der Waals surface area contributed by atoms with Gasteiger partial charge in [0.25, 0.3) is 0 Å². The Kier molecular flexibility index (Phi) is 6.73. The standard InChI is InChI=1S/C19H15F6NO4/c1-3-29-17(28)13-14(30-9-12(27)11-7-5-4-6-8-11)10(2)15(18(20,21)22)26-16(13)19(23,24)25/h4-8H,3,9H2,1-2H3. The van der Waals surface area contributed by atoms with Crippen LogP contribution in [0.25, 0.3) is 0 Å². The Labute approximate surface area is 166 Å². The number of Topliss-reactive ketones (excluding diaryl/α,β-unsaturated/α-hetero) is 1. The van der Waals surface area contributed by atoms with Gasteiger partial charge in [0, 0.05) is 11.1 Å². The van der Waals surface area contributed by atoms with Crippen molar-refractivity contribution in [1.82, 2.24) is 4.98 Å². The van der Waals surface area contributed by atoms with Gasteiger partial charge >= 0.3 is 18.3 Å².